The first kappa shape index (κ1) is 15.4. The van der Waals surface area contributed by atoms with Crippen molar-refractivity contribution in [1.82, 2.24) is 4.90 Å². The Morgan fingerprint density at radius 2 is 1.79 bits per heavy atom. The van der Waals surface area contributed by atoms with Crippen molar-refractivity contribution in [2.45, 2.75) is 17.7 Å². The van der Waals surface area contributed by atoms with Gasteiger partial charge in [0.15, 0.2) is 0 Å². The maximum atomic E-state index is 11.9. The lowest BCUT2D eigenvalue weighted by Crippen LogP contribution is -2.23. The van der Waals surface area contributed by atoms with E-state index in [0.29, 0.717) is 10.5 Å². The van der Waals surface area contributed by atoms with Crippen LogP contribution in [0.2, 0.25) is 0 Å². The van der Waals surface area contributed by atoms with Crippen LogP contribution in [0.15, 0.2) is 29.2 Å². The Morgan fingerprint density at radius 3 is 2.26 bits per heavy atom. The Hall–Kier alpha value is -1.69. The average Bonchev–Trinajstić information content (AvgIpc) is 2.35. The van der Waals surface area contributed by atoms with Gasteiger partial charge in [-0.2, -0.15) is 0 Å². The van der Waals surface area contributed by atoms with Gasteiger partial charge < -0.3 is 10.0 Å². The Balaban J connectivity index is 2.58. The smallest absolute Gasteiger partial charge is 0.307 e. The molecule has 1 aromatic carbocycles. The molecule has 1 rings (SSSR count). The van der Waals surface area contributed by atoms with Crippen LogP contribution in [0.25, 0.3) is 0 Å². The van der Waals surface area contributed by atoms with Crippen molar-refractivity contribution in [2.24, 2.45) is 0 Å². The highest BCUT2D eigenvalue weighted by atomic mass is 32.2. The molecule has 0 spiro atoms. The first-order chi connectivity index (χ1) is 8.90. The van der Waals surface area contributed by atoms with Gasteiger partial charge in [0.2, 0.25) is 5.91 Å². The van der Waals surface area contributed by atoms with Gasteiger partial charge in [-0.05, 0) is 17.7 Å². The molecule has 1 atom stereocenters. The molecule has 6 heteroatoms. The minimum absolute atomic E-state index is 0.0496. The van der Waals surface area contributed by atoms with Crippen molar-refractivity contribution in [3.8, 4) is 0 Å². The molecule has 0 radical (unpaired) electrons. The van der Waals surface area contributed by atoms with Crippen LogP contribution in [-0.4, -0.2) is 45.9 Å². The molecule has 1 unspecified atom stereocenters. The van der Waals surface area contributed by atoms with Gasteiger partial charge in [-0.25, -0.2) is 0 Å². The highest BCUT2D eigenvalue weighted by Crippen LogP contribution is 2.10. The van der Waals surface area contributed by atoms with E-state index < -0.39 is 16.8 Å². The minimum atomic E-state index is -1.24. The number of carbonyl (C=O) groups is 2. The number of carboxylic acids is 1. The fourth-order valence-corrected chi connectivity index (χ4v) is 2.49. The fraction of sp³-hybridized carbons (Fsp3) is 0.385. The van der Waals surface area contributed by atoms with Crippen molar-refractivity contribution < 1.29 is 18.9 Å². The molecule has 0 heterocycles. The maximum absolute atomic E-state index is 11.9. The number of benzene rings is 1. The molecule has 5 nitrogen and oxygen atoms in total. The minimum Gasteiger partial charge on any atom is -0.481 e. The molecule has 0 saturated carbocycles. The summed E-state index contributed by atoms with van der Waals surface area (Å²) in [6.07, 6.45) is 0.183. The van der Waals surface area contributed by atoms with E-state index in [2.05, 4.69) is 0 Å². The molecule has 0 bridgehead atoms. The van der Waals surface area contributed by atoms with Crippen LogP contribution < -0.4 is 0 Å². The molecular formula is C13H17NO4S. The molecular weight excluding hydrogens is 266 g/mol. The van der Waals surface area contributed by atoms with Crippen molar-refractivity contribution in [3.63, 3.8) is 0 Å². The number of rotatable bonds is 6. The predicted molar refractivity (Wildman–Crippen MR) is 72.4 cm³/mol. The lowest BCUT2D eigenvalue weighted by Gasteiger charge is -2.09. The van der Waals surface area contributed by atoms with Crippen molar-refractivity contribution in [2.75, 3.05) is 19.8 Å². The van der Waals surface area contributed by atoms with Crippen LogP contribution in [0.4, 0.5) is 0 Å². The standard InChI is InChI=1S/C13H17NO4S/c1-14(2)12(15)7-8-19(18)11-5-3-10(4-6-11)9-13(16)17/h3-6H,7-9H2,1-2H3,(H,16,17). The molecule has 0 fully saturated rings. The Morgan fingerprint density at radius 1 is 1.21 bits per heavy atom. The molecule has 0 aliphatic heterocycles. The maximum Gasteiger partial charge on any atom is 0.307 e. The average molecular weight is 283 g/mol. The number of nitrogens with zero attached hydrogens (tertiary/aromatic N) is 1. The molecule has 1 N–H and O–H groups in total. The monoisotopic (exact) mass is 283 g/mol. The van der Waals surface area contributed by atoms with Gasteiger partial charge in [-0.15, -0.1) is 0 Å². The molecule has 1 amide bonds. The first-order valence-electron chi connectivity index (χ1n) is 5.79. The molecule has 104 valence electrons. The van der Waals surface area contributed by atoms with Gasteiger partial charge in [0, 0.05) is 31.2 Å². The zero-order chi connectivity index (χ0) is 14.4. The Labute approximate surface area is 114 Å². The zero-order valence-corrected chi connectivity index (χ0v) is 11.8. The van der Waals surface area contributed by atoms with Gasteiger partial charge in [0.1, 0.15) is 0 Å². The van der Waals surface area contributed by atoms with Crippen molar-refractivity contribution in [1.29, 1.82) is 0 Å². The lowest BCUT2D eigenvalue weighted by molar-refractivity contribution is -0.136. The quantitative estimate of drug-likeness (QED) is 0.841. The molecule has 0 aromatic heterocycles. The largest absolute Gasteiger partial charge is 0.481 e. The second-order valence-electron chi connectivity index (χ2n) is 4.30. The highest BCUT2D eigenvalue weighted by Gasteiger charge is 2.09. The third-order valence-corrected chi connectivity index (χ3v) is 3.91. The summed E-state index contributed by atoms with van der Waals surface area (Å²) in [6, 6.07) is 6.59. The van der Waals surface area contributed by atoms with Crippen molar-refractivity contribution in [3.05, 3.63) is 29.8 Å². The summed E-state index contributed by atoms with van der Waals surface area (Å²) in [7, 11) is 2.08. The molecule has 0 saturated heterocycles. The van der Waals surface area contributed by atoms with Gasteiger partial charge in [0.05, 0.1) is 17.2 Å². The summed E-state index contributed by atoms with van der Waals surface area (Å²) in [5, 5.41) is 8.64. The summed E-state index contributed by atoms with van der Waals surface area (Å²) in [6.45, 7) is 0. The Bertz CT molecular complexity index is 482. The summed E-state index contributed by atoms with van der Waals surface area (Å²) in [5.41, 5.74) is 0.664. The van der Waals surface area contributed by atoms with Crippen LogP contribution in [0, 0.1) is 0 Å². The number of carbonyl (C=O) groups excluding carboxylic acids is 1. The second kappa shape index (κ2) is 7.04. The van der Waals surface area contributed by atoms with E-state index in [1.165, 1.54) is 4.90 Å². The third-order valence-electron chi connectivity index (χ3n) is 2.54. The molecule has 1 aromatic rings. The Kier molecular flexibility index (Phi) is 5.69. The van der Waals surface area contributed by atoms with Crippen LogP contribution in [0.5, 0.6) is 0 Å². The van der Waals surface area contributed by atoms with Crippen molar-refractivity contribution >= 4 is 22.7 Å². The van der Waals surface area contributed by atoms with Crippen LogP contribution in [0.1, 0.15) is 12.0 Å². The van der Waals surface area contributed by atoms with Gasteiger partial charge in [-0.1, -0.05) is 12.1 Å². The highest BCUT2D eigenvalue weighted by molar-refractivity contribution is 7.85. The number of hydrogen-bond acceptors (Lipinski definition) is 3. The van der Waals surface area contributed by atoms with Crippen LogP contribution >= 0.6 is 0 Å². The van der Waals surface area contributed by atoms with Crippen LogP contribution in [-0.2, 0) is 26.8 Å². The van der Waals surface area contributed by atoms with E-state index >= 15 is 0 Å². The topological polar surface area (TPSA) is 74.7 Å². The normalized spacial score (nSPS) is 11.9. The fourth-order valence-electron chi connectivity index (χ4n) is 1.46. The van der Waals surface area contributed by atoms with E-state index in [-0.39, 0.29) is 24.5 Å². The van der Waals surface area contributed by atoms with Gasteiger partial charge >= 0.3 is 5.97 Å². The summed E-state index contributed by atoms with van der Waals surface area (Å²) in [4.78, 5) is 24.0. The van der Waals surface area contributed by atoms with E-state index in [0.717, 1.165) is 0 Å². The number of aliphatic carboxylic acids is 1. The third kappa shape index (κ3) is 5.21. The molecule has 0 aliphatic rings. The second-order valence-corrected chi connectivity index (χ2v) is 5.87. The van der Waals surface area contributed by atoms with Gasteiger partial charge in [-0.3, -0.25) is 13.8 Å². The summed E-state index contributed by atoms with van der Waals surface area (Å²) < 4.78 is 11.9. The lowest BCUT2D eigenvalue weighted by atomic mass is 10.2. The van der Waals surface area contributed by atoms with E-state index in [4.69, 9.17) is 5.11 Å². The van der Waals surface area contributed by atoms with Gasteiger partial charge in [0.25, 0.3) is 0 Å². The molecule has 0 aliphatic carbocycles. The van der Waals surface area contributed by atoms with E-state index in [9.17, 15) is 13.8 Å². The SMILES string of the molecule is CN(C)C(=O)CCS(=O)c1ccc(CC(=O)O)cc1. The summed E-state index contributed by atoms with van der Waals surface area (Å²) >= 11 is 0. The first-order valence-corrected chi connectivity index (χ1v) is 7.11. The predicted octanol–water partition coefficient (Wildman–Crippen LogP) is 0.900. The zero-order valence-electron chi connectivity index (χ0n) is 11.0. The molecule has 19 heavy (non-hydrogen) atoms. The summed E-state index contributed by atoms with van der Waals surface area (Å²) in [5.74, 6) is -0.684. The van der Waals surface area contributed by atoms with E-state index in [1.807, 2.05) is 0 Å². The van der Waals surface area contributed by atoms with E-state index in [1.54, 1.807) is 38.4 Å². The number of hydrogen-bond donors (Lipinski definition) is 1. The number of amides is 1. The number of carboxylic acid groups (broad SMARTS) is 1. The van der Waals surface area contributed by atoms with Crippen LogP contribution in [0.3, 0.4) is 0 Å².